The van der Waals surface area contributed by atoms with Crippen molar-refractivity contribution in [1.82, 2.24) is 15.0 Å². The lowest BCUT2D eigenvalue weighted by atomic mass is 9.82. The average molecular weight is 632 g/mol. The Labute approximate surface area is 285 Å². The van der Waals surface area contributed by atoms with Crippen LogP contribution in [0.5, 0.6) is 0 Å². The van der Waals surface area contributed by atoms with Gasteiger partial charge in [0.1, 0.15) is 11.2 Å². The molecule has 2 heterocycles. The van der Waals surface area contributed by atoms with E-state index >= 15 is 0 Å². The smallest absolute Gasteiger partial charge is 0.164 e. The van der Waals surface area contributed by atoms with Gasteiger partial charge in [-0.3, -0.25) is 0 Å². The summed E-state index contributed by atoms with van der Waals surface area (Å²) in [4.78, 5) is 15.2. The first-order chi connectivity index (χ1) is 23.8. The zero-order valence-corrected chi connectivity index (χ0v) is 27.9. The number of rotatable bonds is 3. The van der Waals surface area contributed by atoms with Gasteiger partial charge in [-0.1, -0.05) is 125 Å². The maximum Gasteiger partial charge on any atom is 0.164 e. The summed E-state index contributed by atoms with van der Waals surface area (Å²) in [6.07, 6.45) is 0. The van der Waals surface area contributed by atoms with E-state index in [9.17, 15) is 0 Å². The monoisotopic (exact) mass is 631 g/mol. The molecule has 4 heteroatoms. The van der Waals surface area contributed by atoms with E-state index in [-0.39, 0.29) is 10.8 Å². The summed E-state index contributed by atoms with van der Waals surface area (Å²) in [5.41, 5.74) is 14.8. The summed E-state index contributed by atoms with van der Waals surface area (Å²) in [5, 5.41) is 2.21. The minimum Gasteiger partial charge on any atom is -0.456 e. The third-order valence-electron chi connectivity index (χ3n) is 10.9. The lowest BCUT2D eigenvalue weighted by molar-refractivity contribution is 0.647. The second-order valence-corrected chi connectivity index (χ2v) is 14.5. The zero-order chi connectivity index (χ0) is 33.1. The van der Waals surface area contributed by atoms with Crippen LogP contribution < -0.4 is 0 Å². The lowest BCUT2D eigenvalue weighted by Crippen LogP contribution is -2.15. The van der Waals surface area contributed by atoms with Crippen molar-refractivity contribution in [2.24, 2.45) is 0 Å². The number of hydrogen-bond donors (Lipinski definition) is 0. The number of fused-ring (bicyclic) bond motifs is 9. The second kappa shape index (κ2) is 9.83. The highest BCUT2D eigenvalue weighted by molar-refractivity contribution is 6.08. The SMILES string of the molecule is CC1(C)c2ccccc2-c2ccc(-c3nc(-c4ccccc4)nc(-c4ccc5c(c4)oc4cc6c(cc45)-c4ccccc4C6(C)C)n3)cc21. The topological polar surface area (TPSA) is 51.8 Å². The zero-order valence-electron chi connectivity index (χ0n) is 27.9. The summed E-state index contributed by atoms with van der Waals surface area (Å²) in [7, 11) is 0. The van der Waals surface area contributed by atoms with Crippen molar-refractivity contribution < 1.29 is 4.42 Å². The first-order valence-electron chi connectivity index (χ1n) is 16.9. The van der Waals surface area contributed by atoms with E-state index in [1.165, 1.54) is 44.5 Å². The lowest BCUT2D eigenvalue weighted by Gasteiger charge is -2.21. The van der Waals surface area contributed by atoms with Crippen molar-refractivity contribution in [2.45, 2.75) is 38.5 Å². The van der Waals surface area contributed by atoms with Gasteiger partial charge in [-0.25, -0.2) is 15.0 Å². The van der Waals surface area contributed by atoms with E-state index in [4.69, 9.17) is 19.4 Å². The van der Waals surface area contributed by atoms with Gasteiger partial charge >= 0.3 is 0 Å². The number of hydrogen-bond acceptors (Lipinski definition) is 4. The van der Waals surface area contributed by atoms with Gasteiger partial charge in [0.2, 0.25) is 0 Å². The summed E-state index contributed by atoms with van der Waals surface area (Å²) in [5.74, 6) is 1.91. The molecule has 0 atom stereocenters. The maximum atomic E-state index is 6.59. The fourth-order valence-electron chi connectivity index (χ4n) is 8.30. The highest BCUT2D eigenvalue weighted by Crippen LogP contribution is 2.51. The van der Waals surface area contributed by atoms with E-state index in [1.807, 2.05) is 30.3 Å². The Bertz CT molecular complexity index is 2660. The fourth-order valence-corrected chi connectivity index (χ4v) is 8.30. The van der Waals surface area contributed by atoms with Gasteiger partial charge < -0.3 is 4.42 Å². The molecular weight excluding hydrogens is 599 g/mol. The molecule has 2 aliphatic carbocycles. The van der Waals surface area contributed by atoms with Gasteiger partial charge in [-0.05, 0) is 74.8 Å². The molecule has 0 N–H and O–H groups in total. The van der Waals surface area contributed by atoms with Crippen LogP contribution in [-0.2, 0) is 10.8 Å². The van der Waals surface area contributed by atoms with Crippen LogP contribution in [0.15, 0.2) is 132 Å². The summed E-state index contributed by atoms with van der Waals surface area (Å²) >= 11 is 0. The molecule has 0 radical (unpaired) electrons. The van der Waals surface area contributed by atoms with Gasteiger partial charge in [0, 0.05) is 38.3 Å². The Kier molecular flexibility index (Phi) is 5.65. The van der Waals surface area contributed by atoms with Crippen molar-refractivity contribution in [3.05, 3.63) is 150 Å². The van der Waals surface area contributed by atoms with Crippen molar-refractivity contribution >= 4 is 21.9 Å². The standard InChI is InChI=1S/C45H33N3O/c1-44(2)35-16-10-8-14-29(35)31-20-18-27(22-37(31)44)42-46-41(26-12-6-5-7-13-26)47-43(48-42)28-19-21-32-34-24-33-30-15-9-11-17-36(30)45(3,4)38(33)25-40(34)49-39(32)23-28/h5-25H,1-4H3. The number of furan rings is 1. The maximum absolute atomic E-state index is 6.59. The molecule has 0 unspecified atom stereocenters. The molecular formula is C45H33N3O. The van der Waals surface area contributed by atoms with Crippen molar-refractivity contribution in [3.63, 3.8) is 0 Å². The van der Waals surface area contributed by atoms with Gasteiger partial charge in [0.15, 0.2) is 17.5 Å². The molecule has 0 saturated carbocycles. The molecule has 0 amide bonds. The Morgan fingerprint density at radius 2 is 0.898 bits per heavy atom. The van der Waals surface area contributed by atoms with Crippen molar-refractivity contribution in [2.75, 3.05) is 0 Å². The fraction of sp³-hybridized carbons (Fsp3) is 0.133. The summed E-state index contributed by atoms with van der Waals surface area (Å²) in [6, 6.07) is 45.1. The van der Waals surface area contributed by atoms with E-state index in [0.29, 0.717) is 17.5 Å². The molecule has 10 rings (SSSR count). The highest BCUT2D eigenvalue weighted by atomic mass is 16.3. The summed E-state index contributed by atoms with van der Waals surface area (Å²) < 4.78 is 6.59. The Morgan fingerprint density at radius 3 is 1.59 bits per heavy atom. The highest BCUT2D eigenvalue weighted by Gasteiger charge is 2.37. The Morgan fingerprint density at radius 1 is 0.388 bits per heavy atom. The minimum absolute atomic E-state index is 0.0884. The molecule has 0 saturated heterocycles. The van der Waals surface area contributed by atoms with Gasteiger partial charge in [-0.15, -0.1) is 0 Å². The van der Waals surface area contributed by atoms with Crippen LogP contribution in [0.1, 0.15) is 49.9 Å². The molecule has 8 aromatic rings. The van der Waals surface area contributed by atoms with Crippen LogP contribution in [0.3, 0.4) is 0 Å². The van der Waals surface area contributed by atoms with Crippen LogP contribution in [0.25, 0.3) is 78.4 Å². The Balaban J connectivity index is 1.12. The van der Waals surface area contributed by atoms with E-state index < -0.39 is 0 Å². The molecule has 0 aliphatic heterocycles. The van der Waals surface area contributed by atoms with Crippen LogP contribution in [0.2, 0.25) is 0 Å². The number of nitrogens with zero attached hydrogens (tertiary/aromatic N) is 3. The van der Waals surface area contributed by atoms with E-state index in [2.05, 4.69) is 125 Å². The van der Waals surface area contributed by atoms with Gasteiger partial charge in [0.25, 0.3) is 0 Å². The normalized spacial score (nSPS) is 14.9. The van der Waals surface area contributed by atoms with Crippen LogP contribution in [-0.4, -0.2) is 15.0 Å². The van der Waals surface area contributed by atoms with Crippen molar-refractivity contribution in [1.29, 1.82) is 0 Å². The molecule has 4 nitrogen and oxygen atoms in total. The minimum atomic E-state index is -0.121. The van der Waals surface area contributed by atoms with Crippen molar-refractivity contribution in [3.8, 4) is 56.4 Å². The second-order valence-electron chi connectivity index (χ2n) is 14.5. The predicted octanol–water partition coefficient (Wildman–Crippen LogP) is 11.4. The van der Waals surface area contributed by atoms with Crippen LogP contribution >= 0.6 is 0 Å². The predicted molar refractivity (Wildman–Crippen MR) is 199 cm³/mol. The Hall–Kier alpha value is -5.87. The number of aromatic nitrogens is 3. The molecule has 49 heavy (non-hydrogen) atoms. The largest absolute Gasteiger partial charge is 0.456 e. The third-order valence-corrected chi connectivity index (χ3v) is 10.9. The molecule has 0 spiro atoms. The van der Waals surface area contributed by atoms with E-state index in [0.717, 1.165) is 38.6 Å². The van der Waals surface area contributed by atoms with Gasteiger partial charge in [-0.2, -0.15) is 0 Å². The van der Waals surface area contributed by atoms with Crippen LogP contribution in [0.4, 0.5) is 0 Å². The van der Waals surface area contributed by atoms with Gasteiger partial charge in [0.05, 0.1) is 0 Å². The first-order valence-corrected chi connectivity index (χ1v) is 16.9. The molecule has 2 aromatic heterocycles. The van der Waals surface area contributed by atoms with E-state index in [1.54, 1.807) is 0 Å². The first kappa shape index (κ1) is 28.2. The van der Waals surface area contributed by atoms with Crippen LogP contribution in [0, 0.1) is 0 Å². The number of benzene rings is 6. The molecule has 234 valence electrons. The molecule has 2 aliphatic rings. The third kappa shape index (κ3) is 4.01. The quantitative estimate of drug-likeness (QED) is 0.195. The molecule has 6 aromatic carbocycles. The average Bonchev–Trinajstić information content (AvgIpc) is 3.69. The summed E-state index contributed by atoms with van der Waals surface area (Å²) in [6.45, 7) is 9.20. The molecule has 0 bridgehead atoms. The molecule has 0 fully saturated rings.